The Kier molecular flexibility index (Phi) is 4.29. The van der Waals surface area contributed by atoms with E-state index in [0.29, 0.717) is 30.4 Å². The van der Waals surface area contributed by atoms with Gasteiger partial charge in [0.2, 0.25) is 5.91 Å². The molecule has 1 aromatic heterocycles. The van der Waals surface area contributed by atoms with E-state index >= 15 is 0 Å². The number of anilines is 1. The number of nitrogens with zero attached hydrogens (tertiary/aromatic N) is 5. The molecule has 0 N–H and O–H groups in total. The van der Waals surface area contributed by atoms with Crippen LogP contribution >= 0.6 is 27.5 Å². The lowest BCUT2D eigenvalue weighted by Gasteiger charge is -2.20. The predicted molar refractivity (Wildman–Crippen MR) is 76.2 cm³/mol. The Morgan fingerprint density at radius 3 is 3.16 bits per heavy atom. The second-order valence-corrected chi connectivity index (χ2v) is 5.57. The topological polar surface area (TPSA) is 82.0 Å². The van der Waals surface area contributed by atoms with Gasteiger partial charge in [-0.25, -0.2) is 4.98 Å². The van der Waals surface area contributed by atoms with Crippen molar-refractivity contribution in [1.29, 1.82) is 0 Å². The van der Waals surface area contributed by atoms with E-state index < -0.39 is 0 Å². The standard InChI is InChI=1S/C11H11BrClN5O/c1-6-8(12)4-15-11(13)10(6)18-5-7(2-9(18)19)3-16-17-14/h4,7H,2-3,5H2,1H3. The van der Waals surface area contributed by atoms with E-state index in [4.69, 9.17) is 17.1 Å². The number of rotatable bonds is 3. The Morgan fingerprint density at radius 1 is 1.74 bits per heavy atom. The van der Waals surface area contributed by atoms with Crippen molar-refractivity contribution in [2.24, 2.45) is 11.0 Å². The number of pyridine rings is 1. The first-order valence-corrected chi connectivity index (χ1v) is 6.83. The van der Waals surface area contributed by atoms with Crippen molar-refractivity contribution in [2.75, 3.05) is 18.0 Å². The second kappa shape index (κ2) is 5.77. The molecule has 0 spiro atoms. The number of carbonyl (C=O) groups is 1. The first kappa shape index (κ1) is 14.1. The van der Waals surface area contributed by atoms with Crippen LogP contribution in [0.5, 0.6) is 0 Å². The van der Waals surface area contributed by atoms with Gasteiger partial charge in [0.1, 0.15) is 0 Å². The van der Waals surface area contributed by atoms with Crippen molar-refractivity contribution in [3.63, 3.8) is 0 Å². The Morgan fingerprint density at radius 2 is 2.47 bits per heavy atom. The van der Waals surface area contributed by atoms with Gasteiger partial charge in [0, 0.05) is 35.1 Å². The molecule has 0 bridgehead atoms. The molecule has 1 aliphatic rings. The summed E-state index contributed by atoms with van der Waals surface area (Å²) >= 11 is 9.47. The summed E-state index contributed by atoms with van der Waals surface area (Å²) in [5.74, 6) is 0.000822. The highest BCUT2D eigenvalue weighted by molar-refractivity contribution is 9.10. The van der Waals surface area contributed by atoms with Gasteiger partial charge >= 0.3 is 0 Å². The summed E-state index contributed by atoms with van der Waals surface area (Å²) in [6.07, 6.45) is 1.97. The fourth-order valence-corrected chi connectivity index (χ4v) is 2.71. The second-order valence-electron chi connectivity index (χ2n) is 4.36. The van der Waals surface area contributed by atoms with Gasteiger partial charge in [-0.1, -0.05) is 16.7 Å². The van der Waals surface area contributed by atoms with Crippen LogP contribution in [0.15, 0.2) is 15.8 Å². The van der Waals surface area contributed by atoms with E-state index in [0.717, 1.165) is 10.0 Å². The number of azide groups is 1. The first-order valence-electron chi connectivity index (χ1n) is 5.66. The van der Waals surface area contributed by atoms with E-state index in [2.05, 4.69) is 30.9 Å². The molecule has 1 aromatic rings. The van der Waals surface area contributed by atoms with E-state index in [-0.39, 0.29) is 11.8 Å². The summed E-state index contributed by atoms with van der Waals surface area (Å²) in [6.45, 7) is 2.69. The average Bonchev–Trinajstić information content (AvgIpc) is 2.73. The van der Waals surface area contributed by atoms with E-state index in [9.17, 15) is 4.79 Å². The van der Waals surface area contributed by atoms with Crippen LogP contribution in [-0.4, -0.2) is 24.0 Å². The summed E-state index contributed by atoms with van der Waals surface area (Å²) in [5.41, 5.74) is 9.82. The van der Waals surface area contributed by atoms with Crippen LogP contribution in [0, 0.1) is 12.8 Å². The van der Waals surface area contributed by atoms with Crippen LogP contribution in [0.1, 0.15) is 12.0 Å². The maximum absolute atomic E-state index is 12.1. The summed E-state index contributed by atoms with van der Waals surface area (Å²) in [6, 6.07) is 0. The van der Waals surface area contributed by atoms with Gasteiger partial charge in [0.15, 0.2) is 5.15 Å². The molecule has 0 aliphatic carbocycles. The molecule has 100 valence electrons. The fraction of sp³-hybridized carbons (Fsp3) is 0.455. The monoisotopic (exact) mass is 343 g/mol. The smallest absolute Gasteiger partial charge is 0.227 e. The van der Waals surface area contributed by atoms with Crippen LogP contribution in [0.2, 0.25) is 5.15 Å². The van der Waals surface area contributed by atoms with Gasteiger partial charge in [0.25, 0.3) is 0 Å². The van der Waals surface area contributed by atoms with Crippen molar-refractivity contribution in [2.45, 2.75) is 13.3 Å². The number of hydrogen-bond donors (Lipinski definition) is 0. The van der Waals surface area contributed by atoms with E-state index in [1.54, 1.807) is 11.1 Å². The average molecular weight is 345 g/mol. The van der Waals surface area contributed by atoms with Crippen molar-refractivity contribution < 1.29 is 4.79 Å². The van der Waals surface area contributed by atoms with Crippen molar-refractivity contribution in [3.05, 3.63) is 31.8 Å². The van der Waals surface area contributed by atoms with Gasteiger partial charge in [-0.2, -0.15) is 0 Å². The van der Waals surface area contributed by atoms with Crippen LogP contribution in [0.25, 0.3) is 10.4 Å². The zero-order chi connectivity index (χ0) is 14.0. The minimum absolute atomic E-state index is 0.0250. The molecule has 1 fully saturated rings. The summed E-state index contributed by atoms with van der Waals surface area (Å²) in [5, 5.41) is 3.83. The molecule has 0 aromatic carbocycles. The Bertz CT molecular complexity index is 572. The lowest BCUT2D eigenvalue weighted by atomic mass is 10.1. The zero-order valence-corrected chi connectivity index (χ0v) is 12.5. The minimum Gasteiger partial charge on any atom is -0.309 e. The van der Waals surface area contributed by atoms with Gasteiger partial charge in [-0.15, -0.1) is 0 Å². The Labute approximate surface area is 123 Å². The molecule has 1 atom stereocenters. The molecule has 2 rings (SSSR count). The quantitative estimate of drug-likeness (QED) is 0.364. The molecule has 19 heavy (non-hydrogen) atoms. The first-order chi connectivity index (χ1) is 9.04. The predicted octanol–water partition coefficient (Wildman–Crippen LogP) is 3.47. The molecule has 0 saturated carbocycles. The molecule has 2 heterocycles. The molecular weight excluding hydrogens is 334 g/mol. The number of halogens is 2. The molecule has 1 unspecified atom stereocenters. The Hall–Kier alpha value is -1.30. The molecule has 1 saturated heterocycles. The molecule has 8 heteroatoms. The Balaban J connectivity index is 2.30. The SMILES string of the molecule is Cc1c(Br)cnc(Cl)c1N1CC(CN=[N+]=[N-])CC1=O. The van der Waals surface area contributed by atoms with Crippen molar-refractivity contribution in [3.8, 4) is 0 Å². The van der Waals surface area contributed by atoms with Gasteiger partial charge < -0.3 is 4.90 Å². The van der Waals surface area contributed by atoms with Crippen LogP contribution in [0.3, 0.4) is 0 Å². The third-order valence-corrected chi connectivity index (χ3v) is 4.15. The lowest BCUT2D eigenvalue weighted by molar-refractivity contribution is -0.117. The van der Waals surface area contributed by atoms with Gasteiger partial charge in [-0.3, -0.25) is 4.79 Å². The van der Waals surface area contributed by atoms with E-state index in [1.807, 2.05) is 6.92 Å². The fourth-order valence-electron chi connectivity index (χ4n) is 2.12. The summed E-state index contributed by atoms with van der Waals surface area (Å²) < 4.78 is 0.804. The van der Waals surface area contributed by atoms with Gasteiger partial charge in [0.05, 0.1) is 5.69 Å². The molecule has 1 aliphatic heterocycles. The van der Waals surface area contributed by atoms with Crippen LogP contribution < -0.4 is 4.90 Å². The highest BCUT2D eigenvalue weighted by Gasteiger charge is 2.32. The summed E-state index contributed by atoms with van der Waals surface area (Å²) in [7, 11) is 0. The number of hydrogen-bond acceptors (Lipinski definition) is 3. The zero-order valence-electron chi connectivity index (χ0n) is 10.2. The molecular formula is C11H11BrClN5O. The maximum Gasteiger partial charge on any atom is 0.227 e. The third kappa shape index (κ3) is 2.83. The number of carbonyl (C=O) groups excluding carboxylic acids is 1. The minimum atomic E-state index is -0.0250. The third-order valence-electron chi connectivity index (χ3n) is 3.08. The largest absolute Gasteiger partial charge is 0.309 e. The molecule has 1 amide bonds. The number of aromatic nitrogens is 1. The lowest BCUT2D eigenvalue weighted by Crippen LogP contribution is -2.26. The van der Waals surface area contributed by atoms with Crippen LogP contribution in [-0.2, 0) is 4.79 Å². The maximum atomic E-state index is 12.1. The summed E-state index contributed by atoms with van der Waals surface area (Å²) in [4.78, 5) is 20.4. The van der Waals surface area contributed by atoms with Gasteiger partial charge in [-0.05, 0) is 39.9 Å². The normalized spacial score (nSPS) is 18.6. The van der Waals surface area contributed by atoms with Crippen molar-refractivity contribution in [1.82, 2.24) is 4.98 Å². The van der Waals surface area contributed by atoms with Crippen molar-refractivity contribution >= 4 is 39.1 Å². The number of amides is 1. The van der Waals surface area contributed by atoms with E-state index in [1.165, 1.54) is 0 Å². The molecule has 6 nitrogen and oxygen atoms in total. The highest BCUT2D eigenvalue weighted by atomic mass is 79.9. The van der Waals surface area contributed by atoms with Crippen LogP contribution in [0.4, 0.5) is 5.69 Å². The molecule has 0 radical (unpaired) electrons. The highest BCUT2D eigenvalue weighted by Crippen LogP contribution is 2.36.